The molecule has 0 fully saturated rings. The SMILES string of the molecule is CCOC(=O)Cc1csc(NN=Cc2ccccc2-c2cccc(OC)c2)n1. The molecule has 6 nitrogen and oxygen atoms in total. The van der Waals surface area contributed by atoms with Crippen molar-refractivity contribution >= 4 is 28.7 Å². The number of thiazole rings is 1. The van der Waals surface area contributed by atoms with Gasteiger partial charge in [-0.25, -0.2) is 4.98 Å². The van der Waals surface area contributed by atoms with Crippen LogP contribution in [0.3, 0.4) is 0 Å². The van der Waals surface area contributed by atoms with Gasteiger partial charge in [0.05, 0.1) is 32.0 Å². The summed E-state index contributed by atoms with van der Waals surface area (Å²) in [6.07, 6.45) is 1.91. The first-order valence-electron chi connectivity index (χ1n) is 8.82. The van der Waals surface area contributed by atoms with Crippen LogP contribution in [0.5, 0.6) is 5.75 Å². The second-order valence-electron chi connectivity index (χ2n) is 5.82. The second kappa shape index (κ2) is 9.66. The average Bonchev–Trinajstić information content (AvgIpc) is 3.15. The first-order chi connectivity index (χ1) is 13.7. The van der Waals surface area contributed by atoms with Crippen molar-refractivity contribution in [1.29, 1.82) is 0 Å². The lowest BCUT2D eigenvalue weighted by Crippen LogP contribution is -2.07. The maximum absolute atomic E-state index is 11.5. The first kappa shape index (κ1) is 19.6. The van der Waals surface area contributed by atoms with E-state index >= 15 is 0 Å². The lowest BCUT2D eigenvalue weighted by molar-refractivity contribution is -0.142. The topological polar surface area (TPSA) is 72.8 Å². The molecule has 1 N–H and O–H groups in total. The van der Waals surface area contributed by atoms with Crippen molar-refractivity contribution < 1.29 is 14.3 Å². The Bertz CT molecular complexity index is 969. The van der Waals surface area contributed by atoms with E-state index in [2.05, 4.69) is 15.5 Å². The number of hydrazone groups is 1. The predicted molar refractivity (Wildman–Crippen MR) is 112 cm³/mol. The standard InChI is InChI=1S/C21H21N3O3S/c1-3-27-20(25)12-17-14-28-21(23-17)24-22-13-16-7-4-5-10-19(16)15-8-6-9-18(11-15)26-2/h4-11,13-14H,3,12H2,1-2H3,(H,23,24). The van der Waals surface area contributed by atoms with E-state index in [1.54, 1.807) is 20.2 Å². The van der Waals surface area contributed by atoms with Gasteiger partial charge in [0.1, 0.15) is 5.75 Å². The molecule has 1 aromatic heterocycles. The average molecular weight is 395 g/mol. The van der Waals surface area contributed by atoms with E-state index in [1.807, 2.05) is 53.9 Å². The largest absolute Gasteiger partial charge is 0.497 e. The van der Waals surface area contributed by atoms with Gasteiger partial charge in [0.25, 0.3) is 0 Å². The molecule has 0 spiro atoms. The van der Waals surface area contributed by atoms with Crippen LogP contribution < -0.4 is 10.2 Å². The van der Waals surface area contributed by atoms with Crippen LogP contribution in [0.15, 0.2) is 59.0 Å². The lowest BCUT2D eigenvalue weighted by atomic mass is 10.0. The number of anilines is 1. The number of hydrogen-bond acceptors (Lipinski definition) is 7. The van der Waals surface area contributed by atoms with Crippen LogP contribution in [-0.4, -0.2) is 30.9 Å². The third-order valence-electron chi connectivity index (χ3n) is 3.89. The van der Waals surface area contributed by atoms with Crippen LogP contribution in [0.25, 0.3) is 11.1 Å². The highest BCUT2D eigenvalue weighted by Gasteiger charge is 2.08. The smallest absolute Gasteiger partial charge is 0.311 e. The molecule has 0 saturated carbocycles. The van der Waals surface area contributed by atoms with Crippen LogP contribution in [-0.2, 0) is 16.0 Å². The summed E-state index contributed by atoms with van der Waals surface area (Å²) in [4.78, 5) is 15.9. The molecule has 3 aromatic rings. The summed E-state index contributed by atoms with van der Waals surface area (Å²) in [5.41, 5.74) is 6.65. The minimum Gasteiger partial charge on any atom is -0.497 e. The Kier molecular flexibility index (Phi) is 6.75. The Labute approximate surface area is 167 Å². The van der Waals surface area contributed by atoms with E-state index in [1.165, 1.54) is 11.3 Å². The second-order valence-corrected chi connectivity index (χ2v) is 6.67. The summed E-state index contributed by atoms with van der Waals surface area (Å²) < 4.78 is 10.2. The van der Waals surface area contributed by atoms with Gasteiger partial charge in [-0.2, -0.15) is 5.10 Å². The number of carbonyl (C=O) groups excluding carboxylic acids is 1. The molecule has 0 saturated heterocycles. The van der Waals surface area contributed by atoms with E-state index < -0.39 is 0 Å². The quantitative estimate of drug-likeness (QED) is 0.348. The highest BCUT2D eigenvalue weighted by molar-refractivity contribution is 7.13. The van der Waals surface area contributed by atoms with E-state index in [4.69, 9.17) is 9.47 Å². The molecule has 1 heterocycles. The molecule has 144 valence electrons. The Balaban J connectivity index is 1.70. The maximum atomic E-state index is 11.5. The van der Waals surface area contributed by atoms with Gasteiger partial charge in [-0.15, -0.1) is 11.3 Å². The predicted octanol–water partition coefficient (Wildman–Crippen LogP) is 4.37. The molecule has 0 radical (unpaired) electrons. The number of esters is 1. The number of hydrogen-bond donors (Lipinski definition) is 1. The van der Waals surface area contributed by atoms with Gasteiger partial charge in [-0.1, -0.05) is 36.4 Å². The maximum Gasteiger partial charge on any atom is 0.311 e. The summed E-state index contributed by atoms with van der Waals surface area (Å²) in [6.45, 7) is 2.15. The fraction of sp³-hybridized carbons (Fsp3) is 0.190. The van der Waals surface area contributed by atoms with Crippen molar-refractivity contribution in [2.24, 2.45) is 5.10 Å². The van der Waals surface area contributed by atoms with Crippen LogP contribution >= 0.6 is 11.3 Å². The molecule has 0 unspecified atom stereocenters. The minimum atomic E-state index is -0.282. The summed E-state index contributed by atoms with van der Waals surface area (Å²) in [7, 11) is 1.65. The van der Waals surface area contributed by atoms with Gasteiger partial charge in [-0.05, 0) is 30.2 Å². The zero-order chi connectivity index (χ0) is 19.8. The number of nitrogens with zero attached hydrogens (tertiary/aromatic N) is 2. The third-order valence-corrected chi connectivity index (χ3v) is 4.68. The fourth-order valence-electron chi connectivity index (χ4n) is 2.62. The van der Waals surface area contributed by atoms with Crippen molar-refractivity contribution in [3.05, 3.63) is 65.2 Å². The Morgan fingerprint density at radius 2 is 2.11 bits per heavy atom. The van der Waals surface area contributed by atoms with Crippen LogP contribution in [0, 0.1) is 0 Å². The Morgan fingerprint density at radius 3 is 2.93 bits per heavy atom. The molecule has 0 aliphatic carbocycles. The normalized spacial score (nSPS) is 10.8. The van der Waals surface area contributed by atoms with Crippen molar-refractivity contribution in [2.75, 3.05) is 19.1 Å². The van der Waals surface area contributed by atoms with Crippen molar-refractivity contribution in [1.82, 2.24) is 4.98 Å². The molecular formula is C21H21N3O3S. The molecular weight excluding hydrogens is 374 g/mol. The molecule has 7 heteroatoms. The molecule has 0 aliphatic heterocycles. The number of benzene rings is 2. The Morgan fingerprint density at radius 1 is 1.25 bits per heavy atom. The molecule has 0 atom stereocenters. The summed E-state index contributed by atoms with van der Waals surface area (Å²) in [6, 6.07) is 15.9. The van der Waals surface area contributed by atoms with Gasteiger partial charge >= 0.3 is 5.97 Å². The van der Waals surface area contributed by atoms with E-state index in [0.717, 1.165) is 22.4 Å². The van der Waals surface area contributed by atoms with Gasteiger partial charge in [0.2, 0.25) is 5.13 Å². The molecule has 0 amide bonds. The Hall–Kier alpha value is -3.19. The van der Waals surface area contributed by atoms with Crippen LogP contribution in [0.4, 0.5) is 5.13 Å². The van der Waals surface area contributed by atoms with Gasteiger partial charge in [0.15, 0.2) is 0 Å². The minimum absolute atomic E-state index is 0.161. The summed E-state index contributed by atoms with van der Waals surface area (Å²) in [5, 5.41) is 6.73. The number of nitrogens with one attached hydrogen (secondary N) is 1. The highest BCUT2D eigenvalue weighted by Crippen LogP contribution is 2.26. The molecule has 0 aliphatic rings. The van der Waals surface area contributed by atoms with Crippen molar-refractivity contribution in [2.45, 2.75) is 13.3 Å². The molecule has 3 rings (SSSR count). The summed E-state index contributed by atoms with van der Waals surface area (Å²) in [5.74, 6) is 0.523. The van der Waals surface area contributed by atoms with Crippen LogP contribution in [0.1, 0.15) is 18.2 Å². The molecule has 28 heavy (non-hydrogen) atoms. The number of ether oxygens (including phenoxy) is 2. The third kappa shape index (κ3) is 5.17. The van der Waals surface area contributed by atoms with E-state index in [0.29, 0.717) is 17.4 Å². The van der Waals surface area contributed by atoms with Gasteiger partial charge in [-0.3, -0.25) is 10.2 Å². The van der Waals surface area contributed by atoms with Crippen LogP contribution in [0.2, 0.25) is 0 Å². The number of methoxy groups -OCH3 is 1. The first-order valence-corrected chi connectivity index (χ1v) is 9.70. The zero-order valence-electron chi connectivity index (χ0n) is 15.7. The van der Waals surface area contributed by atoms with Crippen molar-refractivity contribution in [3.63, 3.8) is 0 Å². The zero-order valence-corrected chi connectivity index (χ0v) is 16.5. The van der Waals surface area contributed by atoms with E-state index in [-0.39, 0.29) is 12.4 Å². The van der Waals surface area contributed by atoms with Crippen molar-refractivity contribution in [3.8, 4) is 16.9 Å². The number of rotatable bonds is 8. The lowest BCUT2D eigenvalue weighted by Gasteiger charge is -2.07. The fourth-order valence-corrected chi connectivity index (χ4v) is 3.28. The van der Waals surface area contributed by atoms with E-state index in [9.17, 15) is 4.79 Å². The number of aromatic nitrogens is 1. The monoisotopic (exact) mass is 395 g/mol. The molecule has 2 aromatic carbocycles. The summed E-state index contributed by atoms with van der Waals surface area (Å²) >= 11 is 1.39. The highest BCUT2D eigenvalue weighted by atomic mass is 32.1. The molecule has 0 bridgehead atoms. The van der Waals surface area contributed by atoms with Gasteiger partial charge in [0, 0.05) is 10.9 Å². The van der Waals surface area contributed by atoms with Gasteiger partial charge < -0.3 is 9.47 Å². The number of carbonyl (C=O) groups is 1.